The van der Waals surface area contributed by atoms with Gasteiger partial charge in [0, 0.05) is 32.5 Å². The van der Waals surface area contributed by atoms with E-state index in [9.17, 15) is 9.59 Å². The molecule has 0 radical (unpaired) electrons. The molecule has 128 valence electrons. The highest BCUT2D eigenvalue weighted by molar-refractivity contribution is 5.99. The molecule has 3 N–H and O–H groups in total. The molecule has 1 heterocycles. The first-order valence-electron chi connectivity index (χ1n) is 7.43. The van der Waals surface area contributed by atoms with E-state index >= 15 is 0 Å². The minimum atomic E-state index is -0.341. The second kappa shape index (κ2) is 8.00. The van der Waals surface area contributed by atoms with Gasteiger partial charge in [0.05, 0.1) is 18.9 Å². The molecule has 8 nitrogen and oxygen atoms in total. The van der Waals surface area contributed by atoms with E-state index in [0.29, 0.717) is 30.0 Å². The van der Waals surface area contributed by atoms with E-state index in [1.54, 1.807) is 44.7 Å². The Morgan fingerprint density at radius 1 is 1.33 bits per heavy atom. The van der Waals surface area contributed by atoms with Gasteiger partial charge in [-0.15, -0.1) is 0 Å². The first kappa shape index (κ1) is 17.3. The molecule has 0 bridgehead atoms. The summed E-state index contributed by atoms with van der Waals surface area (Å²) in [5.41, 5.74) is 1.92. The van der Waals surface area contributed by atoms with Crippen molar-refractivity contribution in [1.82, 2.24) is 20.4 Å². The lowest BCUT2D eigenvalue weighted by molar-refractivity contribution is 0.0824. The van der Waals surface area contributed by atoms with Crippen molar-refractivity contribution in [3.05, 3.63) is 41.7 Å². The van der Waals surface area contributed by atoms with E-state index in [0.717, 1.165) is 5.56 Å². The summed E-state index contributed by atoms with van der Waals surface area (Å²) in [4.78, 5) is 25.6. The standard InChI is InChI=1S/C16H21N5O3/c1-21(2)15(22)13-8-12(4-5-14(13)24-3)20-16(23)17-7-6-11-9-18-19-10-11/h4-5,8-10H,6-7H2,1-3H3,(H,18,19)(H2,17,20,23). The number of aromatic nitrogens is 2. The van der Waals surface area contributed by atoms with Crippen molar-refractivity contribution in [2.75, 3.05) is 33.1 Å². The number of nitrogens with zero attached hydrogens (tertiary/aromatic N) is 2. The van der Waals surface area contributed by atoms with Crippen LogP contribution in [0.25, 0.3) is 0 Å². The molecule has 0 spiro atoms. The number of urea groups is 1. The Morgan fingerprint density at radius 2 is 2.12 bits per heavy atom. The van der Waals surface area contributed by atoms with Crippen LogP contribution in [0.3, 0.4) is 0 Å². The zero-order valence-electron chi connectivity index (χ0n) is 13.9. The Hall–Kier alpha value is -3.03. The molecule has 2 rings (SSSR count). The third-order valence-electron chi connectivity index (χ3n) is 3.35. The molecule has 1 aromatic heterocycles. The Morgan fingerprint density at radius 3 is 2.75 bits per heavy atom. The first-order valence-corrected chi connectivity index (χ1v) is 7.43. The van der Waals surface area contributed by atoms with Gasteiger partial charge >= 0.3 is 6.03 Å². The van der Waals surface area contributed by atoms with E-state index in [1.807, 2.05) is 0 Å². The van der Waals surface area contributed by atoms with Crippen LogP contribution in [-0.4, -0.2) is 54.8 Å². The van der Waals surface area contributed by atoms with Crippen molar-refractivity contribution in [1.29, 1.82) is 0 Å². The molecule has 0 atom stereocenters. The lowest BCUT2D eigenvalue weighted by atomic mass is 10.1. The monoisotopic (exact) mass is 331 g/mol. The summed E-state index contributed by atoms with van der Waals surface area (Å²) in [6.45, 7) is 0.477. The van der Waals surface area contributed by atoms with Crippen molar-refractivity contribution in [3.63, 3.8) is 0 Å². The second-order valence-corrected chi connectivity index (χ2v) is 5.35. The molecule has 0 aliphatic rings. The Labute approximate surface area is 140 Å². The topological polar surface area (TPSA) is 99.3 Å². The minimum Gasteiger partial charge on any atom is -0.496 e. The number of carbonyl (C=O) groups is 2. The molecule has 0 saturated carbocycles. The van der Waals surface area contributed by atoms with Crippen LogP contribution >= 0.6 is 0 Å². The van der Waals surface area contributed by atoms with Crippen molar-refractivity contribution < 1.29 is 14.3 Å². The minimum absolute atomic E-state index is 0.198. The van der Waals surface area contributed by atoms with Crippen LogP contribution in [0.2, 0.25) is 0 Å². The molecular weight excluding hydrogens is 310 g/mol. The van der Waals surface area contributed by atoms with Crippen LogP contribution in [0, 0.1) is 0 Å². The number of ether oxygens (including phenoxy) is 1. The van der Waals surface area contributed by atoms with Gasteiger partial charge in [0.25, 0.3) is 5.91 Å². The Balaban J connectivity index is 1.97. The van der Waals surface area contributed by atoms with Gasteiger partial charge in [-0.2, -0.15) is 5.10 Å². The van der Waals surface area contributed by atoms with Crippen LogP contribution in [-0.2, 0) is 6.42 Å². The summed E-state index contributed by atoms with van der Waals surface area (Å²) >= 11 is 0. The SMILES string of the molecule is COc1ccc(NC(=O)NCCc2cn[nH]c2)cc1C(=O)N(C)C. The number of anilines is 1. The third kappa shape index (κ3) is 4.48. The fourth-order valence-corrected chi connectivity index (χ4v) is 2.10. The Kier molecular flexibility index (Phi) is 5.78. The molecule has 24 heavy (non-hydrogen) atoms. The molecule has 0 aliphatic carbocycles. The van der Waals surface area contributed by atoms with Gasteiger partial charge in [-0.3, -0.25) is 9.89 Å². The van der Waals surface area contributed by atoms with E-state index in [1.165, 1.54) is 12.0 Å². The lowest BCUT2D eigenvalue weighted by Crippen LogP contribution is -2.30. The maximum Gasteiger partial charge on any atom is 0.319 e. The van der Waals surface area contributed by atoms with Crippen molar-refractivity contribution >= 4 is 17.6 Å². The molecule has 3 amide bonds. The number of carbonyl (C=O) groups excluding carboxylic acids is 2. The van der Waals surface area contributed by atoms with Gasteiger partial charge in [-0.05, 0) is 30.2 Å². The Bertz CT molecular complexity index is 698. The molecule has 0 fully saturated rings. The lowest BCUT2D eigenvalue weighted by Gasteiger charge is -2.15. The molecule has 0 saturated heterocycles. The summed E-state index contributed by atoms with van der Waals surface area (Å²) in [5, 5.41) is 12.0. The number of amides is 3. The molecule has 0 aliphatic heterocycles. The summed E-state index contributed by atoms with van der Waals surface area (Å²) in [7, 11) is 4.81. The zero-order valence-corrected chi connectivity index (χ0v) is 13.9. The number of nitrogens with one attached hydrogen (secondary N) is 3. The number of rotatable bonds is 6. The van der Waals surface area contributed by atoms with Gasteiger partial charge in [-0.1, -0.05) is 0 Å². The third-order valence-corrected chi connectivity index (χ3v) is 3.35. The van der Waals surface area contributed by atoms with Crippen LogP contribution in [0.5, 0.6) is 5.75 Å². The second-order valence-electron chi connectivity index (χ2n) is 5.35. The average Bonchev–Trinajstić information content (AvgIpc) is 3.07. The number of methoxy groups -OCH3 is 1. The summed E-state index contributed by atoms with van der Waals surface area (Å²) < 4.78 is 5.20. The predicted molar refractivity (Wildman–Crippen MR) is 90.3 cm³/mol. The quantitative estimate of drug-likeness (QED) is 0.746. The largest absolute Gasteiger partial charge is 0.496 e. The van der Waals surface area contributed by atoms with Crippen LogP contribution in [0.15, 0.2) is 30.6 Å². The van der Waals surface area contributed by atoms with Crippen LogP contribution in [0.1, 0.15) is 15.9 Å². The first-order chi connectivity index (χ1) is 11.5. The van der Waals surface area contributed by atoms with Crippen LogP contribution in [0.4, 0.5) is 10.5 Å². The normalized spacial score (nSPS) is 10.1. The summed E-state index contributed by atoms with van der Waals surface area (Å²) in [6, 6.07) is 4.59. The molecule has 8 heteroatoms. The van der Waals surface area contributed by atoms with Gasteiger partial charge in [0.15, 0.2) is 0 Å². The number of hydrogen-bond donors (Lipinski definition) is 3. The van der Waals surface area contributed by atoms with E-state index < -0.39 is 0 Å². The van der Waals surface area contributed by atoms with E-state index in [-0.39, 0.29) is 11.9 Å². The number of H-pyrrole nitrogens is 1. The predicted octanol–water partition coefficient (Wildman–Crippen LogP) is 1.48. The van der Waals surface area contributed by atoms with Gasteiger partial charge in [-0.25, -0.2) is 4.79 Å². The van der Waals surface area contributed by atoms with Crippen molar-refractivity contribution in [3.8, 4) is 5.75 Å². The van der Waals surface area contributed by atoms with E-state index in [4.69, 9.17) is 4.74 Å². The maximum atomic E-state index is 12.2. The highest BCUT2D eigenvalue weighted by Crippen LogP contribution is 2.23. The van der Waals surface area contributed by atoms with Crippen molar-refractivity contribution in [2.24, 2.45) is 0 Å². The smallest absolute Gasteiger partial charge is 0.319 e. The zero-order chi connectivity index (χ0) is 17.5. The number of benzene rings is 1. The molecule has 1 aromatic carbocycles. The number of aromatic amines is 1. The molecule has 2 aromatic rings. The van der Waals surface area contributed by atoms with Gasteiger partial charge in [0.2, 0.25) is 0 Å². The van der Waals surface area contributed by atoms with E-state index in [2.05, 4.69) is 20.8 Å². The summed E-state index contributed by atoms with van der Waals surface area (Å²) in [6.07, 6.45) is 4.17. The summed E-state index contributed by atoms with van der Waals surface area (Å²) in [5.74, 6) is 0.260. The molecule has 0 unspecified atom stereocenters. The fourth-order valence-electron chi connectivity index (χ4n) is 2.10. The number of hydrogen-bond acceptors (Lipinski definition) is 4. The average molecular weight is 331 g/mol. The van der Waals surface area contributed by atoms with Crippen molar-refractivity contribution in [2.45, 2.75) is 6.42 Å². The van der Waals surface area contributed by atoms with Gasteiger partial charge < -0.3 is 20.3 Å². The highest BCUT2D eigenvalue weighted by atomic mass is 16.5. The van der Waals surface area contributed by atoms with Gasteiger partial charge in [0.1, 0.15) is 5.75 Å². The fraction of sp³-hybridized carbons (Fsp3) is 0.312. The van der Waals surface area contributed by atoms with Crippen LogP contribution < -0.4 is 15.4 Å². The molecular formula is C16H21N5O3. The maximum absolute atomic E-state index is 12.2. The highest BCUT2D eigenvalue weighted by Gasteiger charge is 2.15.